The smallest absolute Gasteiger partial charge is 0.225 e. The molecule has 1 amide bonds. The van der Waals surface area contributed by atoms with E-state index in [-0.39, 0.29) is 11.7 Å². The summed E-state index contributed by atoms with van der Waals surface area (Å²) in [5, 5.41) is 2.62. The van der Waals surface area contributed by atoms with E-state index in [1.807, 2.05) is 0 Å². The largest absolute Gasteiger partial charge is 0.311 e. The minimum absolute atomic E-state index is 0.0870. The van der Waals surface area contributed by atoms with Crippen molar-refractivity contribution < 1.29 is 9.18 Å². The minimum atomic E-state index is -0.573. The molecule has 1 N–H and O–H groups in total. The van der Waals surface area contributed by atoms with Crippen LogP contribution in [-0.4, -0.2) is 10.9 Å². The second kappa shape index (κ2) is 11.2. The first-order valence-corrected chi connectivity index (χ1v) is 8.14. The number of hydrogen-bond donors (Lipinski definition) is 1. The number of nitrogens with zero attached hydrogens (tertiary/aromatic N) is 1. The molecule has 0 aliphatic heterocycles. The van der Waals surface area contributed by atoms with Crippen LogP contribution < -0.4 is 5.32 Å². The van der Waals surface area contributed by atoms with Gasteiger partial charge in [-0.15, -0.1) is 0 Å². The van der Waals surface area contributed by atoms with E-state index in [2.05, 4.69) is 17.2 Å². The van der Waals surface area contributed by atoms with E-state index in [4.69, 9.17) is 0 Å². The van der Waals surface area contributed by atoms with E-state index in [0.717, 1.165) is 12.8 Å². The van der Waals surface area contributed by atoms with Crippen LogP contribution in [0.4, 0.5) is 10.2 Å². The van der Waals surface area contributed by atoms with Crippen LogP contribution >= 0.6 is 0 Å². The van der Waals surface area contributed by atoms with Gasteiger partial charge in [-0.25, -0.2) is 4.98 Å². The highest BCUT2D eigenvalue weighted by Gasteiger charge is 2.03. The molecule has 0 aliphatic rings. The maximum absolute atomic E-state index is 12.9. The molecule has 1 heterocycles. The lowest BCUT2D eigenvalue weighted by Crippen LogP contribution is -2.12. The number of rotatable bonds is 11. The van der Waals surface area contributed by atoms with Gasteiger partial charge in [0.2, 0.25) is 11.9 Å². The third-order valence-electron chi connectivity index (χ3n) is 3.49. The summed E-state index contributed by atoms with van der Waals surface area (Å²) < 4.78 is 12.9. The number of nitrogens with one attached hydrogen (secondary N) is 1. The third-order valence-corrected chi connectivity index (χ3v) is 3.49. The summed E-state index contributed by atoms with van der Waals surface area (Å²) in [7, 11) is 0. The van der Waals surface area contributed by atoms with E-state index >= 15 is 0 Å². The standard InChI is InChI=1S/C17H27FN2O/c1-2-3-4-5-6-7-8-9-10-14-17(21)20-16-13-11-12-15(18)19-16/h11-13H,2-10,14H2,1H3,(H,19,20,21). The van der Waals surface area contributed by atoms with Crippen molar-refractivity contribution in [2.24, 2.45) is 0 Å². The molecule has 1 aromatic heterocycles. The molecule has 0 unspecified atom stereocenters. The molecule has 0 bridgehead atoms. The van der Waals surface area contributed by atoms with Crippen molar-refractivity contribution in [3.63, 3.8) is 0 Å². The molecule has 0 fully saturated rings. The van der Waals surface area contributed by atoms with Crippen LogP contribution in [-0.2, 0) is 4.79 Å². The Morgan fingerprint density at radius 2 is 1.67 bits per heavy atom. The van der Waals surface area contributed by atoms with Crippen molar-refractivity contribution in [3.8, 4) is 0 Å². The lowest BCUT2D eigenvalue weighted by Gasteiger charge is -2.04. The summed E-state index contributed by atoms with van der Waals surface area (Å²) in [4.78, 5) is 15.3. The maximum atomic E-state index is 12.9. The molecule has 3 nitrogen and oxygen atoms in total. The number of pyridine rings is 1. The van der Waals surface area contributed by atoms with Crippen molar-refractivity contribution in [3.05, 3.63) is 24.1 Å². The number of anilines is 1. The molecule has 21 heavy (non-hydrogen) atoms. The zero-order valence-corrected chi connectivity index (χ0v) is 13.0. The molecular formula is C17H27FN2O. The van der Waals surface area contributed by atoms with Gasteiger partial charge in [-0.2, -0.15) is 4.39 Å². The van der Waals surface area contributed by atoms with Crippen molar-refractivity contribution in [1.82, 2.24) is 4.98 Å². The molecule has 0 spiro atoms. The van der Waals surface area contributed by atoms with Crippen molar-refractivity contribution >= 4 is 11.7 Å². The molecule has 1 rings (SSSR count). The molecule has 0 radical (unpaired) electrons. The average Bonchev–Trinajstić information content (AvgIpc) is 2.45. The van der Waals surface area contributed by atoms with E-state index in [9.17, 15) is 9.18 Å². The van der Waals surface area contributed by atoms with Gasteiger partial charge in [0.15, 0.2) is 0 Å². The van der Waals surface area contributed by atoms with Crippen LogP contribution in [0.1, 0.15) is 71.1 Å². The molecule has 0 saturated carbocycles. The number of carbonyl (C=O) groups excluding carboxylic acids is 1. The first-order chi connectivity index (χ1) is 10.2. The summed E-state index contributed by atoms with van der Waals surface area (Å²) in [5.41, 5.74) is 0. The highest BCUT2D eigenvalue weighted by Crippen LogP contribution is 2.11. The summed E-state index contributed by atoms with van der Waals surface area (Å²) in [6.45, 7) is 2.23. The number of halogens is 1. The van der Waals surface area contributed by atoms with E-state index < -0.39 is 5.95 Å². The predicted molar refractivity (Wildman–Crippen MR) is 84.7 cm³/mol. The lowest BCUT2D eigenvalue weighted by molar-refractivity contribution is -0.116. The summed E-state index contributed by atoms with van der Waals surface area (Å²) in [6.07, 6.45) is 11.5. The highest BCUT2D eigenvalue weighted by atomic mass is 19.1. The number of hydrogen-bond acceptors (Lipinski definition) is 2. The minimum Gasteiger partial charge on any atom is -0.311 e. The quantitative estimate of drug-likeness (QED) is 0.457. The van der Waals surface area contributed by atoms with Crippen LogP contribution in [0.25, 0.3) is 0 Å². The topological polar surface area (TPSA) is 42.0 Å². The SMILES string of the molecule is CCCCCCCCCCCC(=O)Nc1cccc(F)n1. The second-order valence-corrected chi connectivity index (χ2v) is 5.47. The Balaban J connectivity index is 1.99. The van der Waals surface area contributed by atoms with Crippen LogP contribution in [0.15, 0.2) is 18.2 Å². The maximum Gasteiger partial charge on any atom is 0.225 e. The van der Waals surface area contributed by atoms with Crippen LogP contribution in [0, 0.1) is 5.95 Å². The number of amides is 1. The van der Waals surface area contributed by atoms with Crippen molar-refractivity contribution in [1.29, 1.82) is 0 Å². The molecule has 4 heteroatoms. The Morgan fingerprint density at radius 3 is 2.29 bits per heavy atom. The summed E-state index contributed by atoms with van der Waals surface area (Å²) >= 11 is 0. The average molecular weight is 294 g/mol. The van der Waals surface area contributed by atoms with Gasteiger partial charge in [0.1, 0.15) is 5.82 Å². The van der Waals surface area contributed by atoms with Gasteiger partial charge < -0.3 is 5.32 Å². The molecule has 0 atom stereocenters. The van der Waals surface area contributed by atoms with Gasteiger partial charge in [0.25, 0.3) is 0 Å². The summed E-state index contributed by atoms with van der Waals surface area (Å²) in [6, 6.07) is 4.39. The second-order valence-electron chi connectivity index (χ2n) is 5.47. The van der Waals surface area contributed by atoms with Gasteiger partial charge in [-0.05, 0) is 18.6 Å². The molecule has 0 aromatic carbocycles. The van der Waals surface area contributed by atoms with Crippen LogP contribution in [0.2, 0.25) is 0 Å². The monoisotopic (exact) mass is 294 g/mol. The van der Waals surface area contributed by atoms with E-state index in [1.54, 1.807) is 6.07 Å². The fraction of sp³-hybridized carbons (Fsp3) is 0.647. The fourth-order valence-electron chi connectivity index (χ4n) is 2.28. The first-order valence-electron chi connectivity index (χ1n) is 8.14. The molecule has 0 aliphatic carbocycles. The van der Waals surface area contributed by atoms with Crippen LogP contribution in [0.5, 0.6) is 0 Å². The van der Waals surface area contributed by atoms with Crippen molar-refractivity contribution in [2.75, 3.05) is 5.32 Å². The van der Waals surface area contributed by atoms with Crippen LogP contribution in [0.3, 0.4) is 0 Å². The highest BCUT2D eigenvalue weighted by molar-refractivity contribution is 5.89. The Hall–Kier alpha value is -1.45. The third kappa shape index (κ3) is 9.16. The molecular weight excluding hydrogens is 267 g/mol. The molecule has 118 valence electrons. The Bertz CT molecular complexity index is 410. The number of aromatic nitrogens is 1. The van der Waals surface area contributed by atoms with Gasteiger partial charge >= 0.3 is 0 Å². The van der Waals surface area contributed by atoms with E-state index in [1.165, 1.54) is 57.1 Å². The van der Waals surface area contributed by atoms with Gasteiger partial charge in [-0.3, -0.25) is 4.79 Å². The lowest BCUT2D eigenvalue weighted by atomic mass is 10.1. The fourth-order valence-corrected chi connectivity index (χ4v) is 2.28. The Labute approximate surface area is 127 Å². The van der Waals surface area contributed by atoms with Gasteiger partial charge in [0.05, 0.1) is 0 Å². The zero-order chi connectivity index (χ0) is 15.3. The van der Waals surface area contributed by atoms with Crippen molar-refractivity contribution in [2.45, 2.75) is 71.1 Å². The number of carbonyl (C=O) groups is 1. The van der Waals surface area contributed by atoms with Gasteiger partial charge in [0, 0.05) is 6.42 Å². The normalized spacial score (nSPS) is 10.6. The Kier molecular flexibility index (Phi) is 9.42. The first kappa shape index (κ1) is 17.6. The predicted octanol–water partition coefficient (Wildman–Crippen LogP) is 5.08. The zero-order valence-electron chi connectivity index (χ0n) is 13.0. The molecule has 0 saturated heterocycles. The van der Waals surface area contributed by atoms with E-state index in [0.29, 0.717) is 6.42 Å². The summed E-state index contributed by atoms with van der Waals surface area (Å²) in [5.74, 6) is -0.372. The van der Waals surface area contributed by atoms with Gasteiger partial charge in [-0.1, -0.05) is 64.4 Å². The number of unbranched alkanes of at least 4 members (excludes halogenated alkanes) is 8. The Morgan fingerprint density at radius 1 is 1.05 bits per heavy atom. The molecule has 1 aromatic rings.